The smallest absolute Gasteiger partial charge is 0.410 e. The van der Waals surface area contributed by atoms with Crippen molar-refractivity contribution < 1.29 is 14.3 Å². The van der Waals surface area contributed by atoms with Gasteiger partial charge in [0.15, 0.2) is 0 Å². The fourth-order valence-corrected chi connectivity index (χ4v) is 2.90. The summed E-state index contributed by atoms with van der Waals surface area (Å²) >= 11 is 3.26. The molecule has 1 aromatic rings. The summed E-state index contributed by atoms with van der Waals surface area (Å²) in [5, 5.41) is 0. The highest BCUT2D eigenvalue weighted by molar-refractivity contribution is 9.10. The summed E-state index contributed by atoms with van der Waals surface area (Å²) in [5.74, 6) is 0.195. The van der Waals surface area contributed by atoms with Crippen LogP contribution in [0.5, 0.6) is 0 Å². The fraction of sp³-hybridized carbons (Fsp3) is 0.588. The van der Waals surface area contributed by atoms with Crippen molar-refractivity contribution in [2.24, 2.45) is 5.92 Å². The highest BCUT2D eigenvalue weighted by Crippen LogP contribution is 2.20. The Kier molecular flexibility index (Phi) is 5.85. The maximum absolute atomic E-state index is 12.4. The highest BCUT2D eigenvalue weighted by atomic mass is 79.9. The number of ether oxygens (including phenoxy) is 1. The minimum atomic E-state index is -0.490. The molecule has 2 rings (SSSR count). The molecule has 1 fully saturated rings. The molecule has 24 heavy (non-hydrogen) atoms. The second-order valence-electron chi connectivity index (χ2n) is 7.14. The van der Waals surface area contributed by atoms with Crippen molar-refractivity contribution in [1.82, 2.24) is 14.8 Å². The third-order valence-corrected chi connectivity index (χ3v) is 4.26. The normalized spacial score (nSPS) is 17.7. The zero-order chi connectivity index (χ0) is 17.9. The number of rotatable bonds is 3. The number of carbonyl (C=O) groups excluding carboxylic acids is 2. The zero-order valence-electron chi connectivity index (χ0n) is 14.6. The van der Waals surface area contributed by atoms with E-state index in [2.05, 4.69) is 20.9 Å². The first-order valence-corrected chi connectivity index (χ1v) is 8.80. The second-order valence-corrected chi connectivity index (χ2v) is 7.95. The van der Waals surface area contributed by atoms with E-state index in [4.69, 9.17) is 4.74 Å². The Morgan fingerprint density at radius 1 is 1.42 bits per heavy atom. The maximum Gasteiger partial charge on any atom is 0.410 e. The van der Waals surface area contributed by atoms with Crippen LogP contribution >= 0.6 is 15.9 Å². The Morgan fingerprint density at radius 3 is 2.71 bits per heavy atom. The van der Waals surface area contributed by atoms with Crippen LogP contribution in [-0.4, -0.2) is 59.1 Å². The average Bonchev–Trinajstić information content (AvgIpc) is 2.94. The monoisotopic (exact) mass is 397 g/mol. The maximum atomic E-state index is 12.4. The second kappa shape index (κ2) is 7.51. The number of likely N-dealkylation sites (tertiary alicyclic amines) is 1. The van der Waals surface area contributed by atoms with Gasteiger partial charge in [-0.05, 0) is 61.2 Å². The van der Waals surface area contributed by atoms with Crippen molar-refractivity contribution in [3.05, 3.63) is 28.5 Å². The number of pyridine rings is 1. The van der Waals surface area contributed by atoms with Crippen LogP contribution in [0, 0.1) is 5.92 Å². The van der Waals surface area contributed by atoms with Crippen LogP contribution < -0.4 is 0 Å². The molecule has 0 radical (unpaired) electrons. The van der Waals surface area contributed by atoms with Crippen molar-refractivity contribution in [3.63, 3.8) is 0 Å². The predicted octanol–water partition coefficient (Wildman–Crippen LogP) is 3.17. The first-order valence-electron chi connectivity index (χ1n) is 8.00. The third kappa shape index (κ3) is 5.19. The standard InChI is InChI=1S/C17H24BrN3O3/c1-17(2,3)24-16(23)21-8-7-12(11-21)10-20(4)15(22)13-5-6-14(18)19-9-13/h5-6,9,12H,7-8,10-11H2,1-4H3. The molecule has 0 aromatic carbocycles. The number of hydrogen-bond donors (Lipinski definition) is 0. The number of aromatic nitrogens is 1. The molecule has 6 nitrogen and oxygen atoms in total. The Hall–Kier alpha value is -1.63. The SMILES string of the molecule is CN(CC1CCN(C(=O)OC(C)(C)C)C1)C(=O)c1ccc(Br)nc1. The van der Waals surface area contributed by atoms with Gasteiger partial charge < -0.3 is 14.5 Å². The lowest BCUT2D eigenvalue weighted by atomic mass is 10.1. The number of carbonyl (C=O) groups is 2. The van der Waals surface area contributed by atoms with Crippen molar-refractivity contribution >= 4 is 27.9 Å². The summed E-state index contributed by atoms with van der Waals surface area (Å²) in [7, 11) is 1.78. The van der Waals surface area contributed by atoms with Gasteiger partial charge in [0.1, 0.15) is 10.2 Å². The lowest BCUT2D eigenvalue weighted by Crippen LogP contribution is -2.37. The molecule has 0 N–H and O–H groups in total. The van der Waals surface area contributed by atoms with Crippen LogP contribution in [0.2, 0.25) is 0 Å². The van der Waals surface area contributed by atoms with Crippen LogP contribution in [0.4, 0.5) is 4.79 Å². The molecule has 1 aliphatic heterocycles. The molecule has 0 aliphatic carbocycles. The van der Waals surface area contributed by atoms with Gasteiger partial charge in [0.05, 0.1) is 5.56 Å². The third-order valence-electron chi connectivity index (χ3n) is 3.79. The van der Waals surface area contributed by atoms with E-state index in [-0.39, 0.29) is 17.9 Å². The van der Waals surface area contributed by atoms with Gasteiger partial charge >= 0.3 is 6.09 Å². The largest absolute Gasteiger partial charge is 0.444 e. The summed E-state index contributed by atoms with van der Waals surface area (Å²) < 4.78 is 6.10. The first kappa shape index (κ1) is 18.7. The van der Waals surface area contributed by atoms with E-state index in [0.717, 1.165) is 6.42 Å². The molecule has 1 unspecified atom stereocenters. The van der Waals surface area contributed by atoms with Gasteiger partial charge in [0.25, 0.3) is 5.91 Å². The zero-order valence-corrected chi connectivity index (χ0v) is 16.2. The van der Waals surface area contributed by atoms with Crippen LogP contribution in [0.25, 0.3) is 0 Å². The minimum absolute atomic E-state index is 0.0641. The van der Waals surface area contributed by atoms with Crippen molar-refractivity contribution in [3.8, 4) is 0 Å². The molecule has 0 saturated carbocycles. The topological polar surface area (TPSA) is 62.7 Å². The van der Waals surface area contributed by atoms with Crippen LogP contribution in [0.1, 0.15) is 37.6 Å². The number of nitrogens with zero attached hydrogens (tertiary/aromatic N) is 3. The van der Waals surface area contributed by atoms with E-state index in [9.17, 15) is 9.59 Å². The van der Waals surface area contributed by atoms with Crippen molar-refractivity contribution in [2.75, 3.05) is 26.7 Å². The molecule has 0 spiro atoms. The summed E-state index contributed by atoms with van der Waals surface area (Å²) in [6.07, 6.45) is 2.15. The number of hydrogen-bond acceptors (Lipinski definition) is 4. The van der Waals surface area contributed by atoms with E-state index in [1.807, 2.05) is 20.8 Å². The Labute approximate surface area is 151 Å². The Balaban J connectivity index is 1.87. The summed E-state index contributed by atoms with van der Waals surface area (Å²) in [6, 6.07) is 3.50. The lowest BCUT2D eigenvalue weighted by Gasteiger charge is -2.25. The fourth-order valence-electron chi connectivity index (χ4n) is 2.67. The van der Waals surface area contributed by atoms with E-state index in [0.29, 0.717) is 29.8 Å². The molecule has 7 heteroatoms. The predicted molar refractivity (Wildman–Crippen MR) is 94.8 cm³/mol. The van der Waals surface area contributed by atoms with Crippen LogP contribution in [0.3, 0.4) is 0 Å². The van der Waals surface area contributed by atoms with Gasteiger partial charge in [-0.2, -0.15) is 0 Å². The first-order chi connectivity index (χ1) is 11.2. The van der Waals surface area contributed by atoms with Crippen molar-refractivity contribution in [1.29, 1.82) is 0 Å². The molecular formula is C17H24BrN3O3. The van der Waals surface area contributed by atoms with Gasteiger partial charge in [-0.1, -0.05) is 0 Å². The molecule has 2 heterocycles. The quantitative estimate of drug-likeness (QED) is 0.734. The Morgan fingerprint density at radius 2 is 2.12 bits per heavy atom. The summed E-state index contributed by atoms with van der Waals surface area (Å²) in [5.41, 5.74) is 0.0685. The number of halogens is 1. The van der Waals surface area contributed by atoms with Gasteiger partial charge in [-0.3, -0.25) is 4.79 Å². The van der Waals surface area contributed by atoms with E-state index in [1.165, 1.54) is 0 Å². The molecule has 132 valence electrons. The summed E-state index contributed by atoms with van der Waals surface area (Å²) in [6.45, 7) is 7.46. The molecule has 0 bridgehead atoms. The molecule has 1 aliphatic rings. The highest BCUT2D eigenvalue weighted by Gasteiger charge is 2.31. The molecule has 1 atom stereocenters. The van der Waals surface area contributed by atoms with Crippen LogP contribution in [-0.2, 0) is 4.74 Å². The van der Waals surface area contributed by atoms with Gasteiger partial charge in [-0.15, -0.1) is 0 Å². The van der Waals surface area contributed by atoms with Gasteiger partial charge in [-0.25, -0.2) is 9.78 Å². The van der Waals surface area contributed by atoms with E-state index in [1.54, 1.807) is 35.2 Å². The van der Waals surface area contributed by atoms with E-state index < -0.39 is 5.60 Å². The molecule has 1 aromatic heterocycles. The van der Waals surface area contributed by atoms with Crippen molar-refractivity contribution in [2.45, 2.75) is 32.8 Å². The molecule has 2 amide bonds. The molecular weight excluding hydrogens is 374 g/mol. The van der Waals surface area contributed by atoms with Crippen LogP contribution in [0.15, 0.2) is 22.9 Å². The molecule has 1 saturated heterocycles. The van der Waals surface area contributed by atoms with Gasteiger partial charge in [0, 0.05) is 32.9 Å². The number of amides is 2. The van der Waals surface area contributed by atoms with E-state index >= 15 is 0 Å². The Bertz CT molecular complexity index is 598. The minimum Gasteiger partial charge on any atom is -0.444 e. The average molecular weight is 398 g/mol. The van der Waals surface area contributed by atoms with Gasteiger partial charge in [0.2, 0.25) is 0 Å². The summed E-state index contributed by atoms with van der Waals surface area (Å²) in [4.78, 5) is 32.0. The lowest BCUT2D eigenvalue weighted by molar-refractivity contribution is 0.0286.